The summed E-state index contributed by atoms with van der Waals surface area (Å²) in [6.45, 7) is 12.7. The van der Waals surface area contributed by atoms with Crippen LogP contribution in [0.1, 0.15) is 64.2 Å². The third-order valence-electron chi connectivity index (χ3n) is 17.2. The second-order valence-electron chi connectivity index (χ2n) is 23.4. The van der Waals surface area contributed by atoms with E-state index in [9.17, 15) is 10.8 Å². The van der Waals surface area contributed by atoms with Crippen LogP contribution in [0.5, 0.6) is 23.5 Å². The van der Waals surface area contributed by atoms with Gasteiger partial charge >= 0.3 is 0 Å². The molecule has 8 aromatic heterocycles. The molecular weight excluding hydrogens is 1140 g/mol. The minimum atomic E-state index is -0.138. The number of likely N-dealkylation sites (tertiary alicyclic amines) is 4. The number of fused-ring (bicyclic) bond motifs is 4. The van der Waals surface area contributed by atoms with Gasteiger partial charge in [-0.15, -0.1) is 20.4 Å². The average molecular weight is 1220 g/mol. The summed E-state index contributed by atoms with van der Waals surface area (Å²) in [5.74, 6) is 1.02. The molecule has 14 heterocycles. The van der Waals surface area contributed by atoms with E-state index in [4.69, 9.17) is 70.8 Å². The van der Waals surface area contributed by atoms with E-state index >= 15 is 0 Å². The first-order valence-electron chi connectivity index (χ1n) is 31.7. The SMILES string of the molecule is N=C1C=C(N)C(=Nc2c(OCCCN3CCCC3)nn3ccccc23)N(N2C(=Nc3c(OCCN4CCCC4)nn4ccccc34)C(=N)C=C(N)C2=Nc2c(OCCN3CCCC3)nn3ccccc23)C1=Nc1c(OCCCN2CCCC2)nn2ccccc12. The molecule has 0 unspecified atom stereocenters. The fraction of sp³-hybridized carbons (Fsp3) is 0.406. The van der Waals surface area contributed by atoms with E-state index in [0.717, 1.165) is 104 Å². The van der Waals surface area contributed by atoms with E-state index in [-0.39, 0.29) is 69.7 Å². The lowest BCUT2D eigenvalue weighted by Crippen LogP contribution is -2.63. The van der Waals surface area contributed by atoms with Gasteiger partial charge in [0.15, 0.2) is 46.1 Å². The number of ether oxygens (including phenoxy) is 4. The molecule has 0 bridgehead atoms. The zero-order valence-electron chi connectivity index (χ0n) is 50.6. The molecule has 6 N–H and O–H groups in total. The predicted molar refractivity (Wildman–Crippen MR) is 347 cm³/mol. The van der Waals surface area contributed by atoms with Gasteiger partial charge in [0.2, 0.25) is 0 Å². The number of nitrogens with two attached hydrogens (primary N) is 2. The third-order valence-corrected chi connectivity index (χ3v) is 17.2. The van der Waals surface area contributed by atoms with Gasteiger partial charge in [-0.25, -0.2) is 48.0 Å². The number of aromatic nitrogens is 8. The molecule has 4 fully saturated rings. The summed E-state index contributed by atoms with van der Waals surface area (Å²) in [7, 11) is 0. The maximum Gasteiger partial charge on any atom is 0.260 e. The van der Waals surface area contributed by atoms with Crippen molar-refractivity contribution in [1.29, 1.82) is 10.8 Å². The number of hydrogen-bond acceptors (Lipinski definition) is 20. The zero-order chi connectivity index (χ0) is 60.9. The second-order valence-corrected chi connectivity index (χ2v) is 23.4. The largest absolute Gasteiger partial charge is 0.475 e. The fourth-order valence-corrected chi connectivity index (χ4v) is 12.6. The number of pyridine rings is 4. The predicted octanol–water partition coefficient (Wildman–Crippen LogP) is 7.45. The highest BCUT2D eigenvalue weighted by molar-refractivity contribution is 6.54. The van der Waals surface area contributed by atoms with Crippen LogP contribution in [-0.2, 0) is 0 Å². The Balaban J connectivity index is 0.990. The van der Waals surface area contributed by atoms with Crippen LogP contribution in [0.2, 0.25) is 0 Å². The minimum absolute atomic E-state index is 0.0278. The summed E-state index contributed by atoms with van der Waals surface area (Å²) >= 11 is 0. The van der Waals surface area contributed by atoms with Crippen LogP contribution in [0.15, 0.2) is 141 Å². The summed E-state index contributed by atoms with van der Waals surface area (Å²) in [5, 5.41) is 43.3. The first-order chi connectivity index (χ1) is 44.3. The van der Waals surface area contributed by atoms with Gasteiger partial charge in [-0.2, -0.15) is 0 Å². The third kappa shape index (κ3) is 12.2. The standard InChI is InChI=1S/C64H76N22O4/c65-45-43-46(66)58(70-54-50-20-2-6-34-82(50)74-62(54)88-40-18-32-78-25-11-12-26-78)85(57(45)69-53-49-19-1-5-33-81(49)73-61(53)87-39-17-31-77-23-9-10-24-77)86-59(71-55-51-21-3-7-35-83(51)75-63(55)89-41-37-79-27-13-14-28-79)47(67)44-48(68)60(86)72-56-52-22-4-8-36-84(52)76-64(56)90-42-38-80-29-15-16-30-80/h1-8,19-22,33-36,43-44,65,67H,9-18,23-32,37-42,66,68H2. The van der Waals surface area contributed by atoms with E-state index in [0.29, 0.717) is 84.3 Å². The Hall–Kier alpha value is -9.50. The maximum absolute atomic E-state index is 10.2. The molecule has 6 aliphatic rings. The number of hydrogen-bond donors (Lipinski definition) is 4. The first kappa shape index (κ1) is 58.2. The number of hydrazine groups is 1. The summed E-state index contributed by atoms with van der Waals surface area (Å²) < 4.78 is 33.4. The molecule has 0 radical (unpaired) electrons. The number of nitrogens with zero attached hydrogens (tertiary/aromatic N) is 18. The molecule has 14 rings (SSSR count). The summed E-state index contributed by atoms with van der Waals surface area (Å²) in [6, 6.07) is 22.8. The lowest BCUT2D eigenvalue weighted by molar-refractivity contribution is 0.232. The smallest absolute Gasteiger partial charge is 0.260 e. The molecule has 0 amide bonds. The van der Waals surface area contributed by atoms with Gasteiger partial charge in [-0.05, 0) is 177 Å². The molecular formula is C64H76N22O4. The first-order valence-corrected chi connectivity index (χ1v) is 31.7. The summed E-state index contributed by atoms with van der Waals surface area (Å²) in [4.78, 5) is 31.7. The van der Waals surface area contributed by atoms with Crippen LogP contribution in [0, 0.1) is 10.8 Å². The highest BCUT2D eigenvalue weighted by Crippen LogP contribution is 2.40. The van der Waals surface area contributed by atoms with Crippen LogP contribution in [0.25, 0.3) is 22.1 Å². The van der Waals surface area contributed by atoms with Crippen molar-refractivity contribution in [2.24, 2.45) is 31.4 Å². The van der Waals surface area contributed by atoms with Gasteiger partial charge < -0.3 is 40.2 Å². The number of amidine groups is 4. The lowest BCUT2D eigenvalue weighted by Gasteiger charge is -2.42. The van der Waals surface area contributed by atoms with Crippen LogP contribution in [0.3, 0.4) is 0 Å². The van der Waals surface area contributed by atoms with E-state index in [1.807, 2.05) is 97.6 Å². The summed E-state index contributed by atoms with van der Waals surface area (Å²) in [5.41, 5.74) is 18.3. The van der Waals surface area contributed by atoms with Crippen molar-refractivity contribution in [3.05, 3.63) is 121 Å². The Morgan fingerprint density at radius 1 is 0.367 bits per heavy atom. The van der Waals surface area contributed by atoms with Crippen molar-refractivity contribution < 1.29 is 18.9 Å². The minimum Gasteiger partial charge on any atom is -0.475 e. The molecule has 0 atom stereocenters. The molecule has 26 nitrogen and oxygen atoms in total. The normalized spacial score (nSPS) is 20.1. The Morgan fingerprint density at radius 3 is 0.956 bits per heavy atom. The van der Waals surface area contributed by atoms with E-state index in [2.05, 4.69) is 19.6 Å². The highest BCUT2D eigenvalue weighted by atomic mass is 16.5. The molecule has 26 heteroatoms. The molecule has 4 saturated heterocycles. The van der Waals surface area contributed by atoms with Gasteiger partial charge in [-0.3, -0.25) is 20.6 Å². The van der Waals surface area contributed by atoms with Gasteiger partial charge in [0.25, 0.3) is 23.5 Å². The van der Waals surface area contributed by atoms with Crippen LogP contribution in [-0.4, -0.2) is 208 Å². The fourth-order valence-electron chi connectivity index (χ4n) is 12.6. The van der Waals surface area contributed by atoms with Crippen LogP contribution in [0.4, 0.5) is 22.7 Å². The Kier molecular flexibility index (Phi) is 17.0. The molecule has 0 spiro atoms. The number of aliphatic imine (C=N–C) groups is 4. The molecule has 0 saturated carbocycles. The van der Waals surface area contributed by atoms with Crippen LogP contribution >= 0.6 is 0 Å². The van der Waals surface area contributed by atoms with E-state index in [1.165, 1.54) is 37.8 Å². The average Bonchev–Trinajstić information content (AvgIpc) is 1.07. The van der Waals surface area contributed by atoms with Crippen molar-refractivity contribution in [1.82, 2.24) is 68.1 Å². The number of nitrogens with one attached hydrogen (secondary N) is 2. The van der Waals surface area contributed by atoms with Gasteiger partial charge in [0.1, 0.15) is 24.6 Å². The van der Waals surface area contributed by atoms with Gasteiger partial charge in [0, 0.05) is 51.0 Å². The molecule has 6 aliphatic heterocycles. The Labute approximate surface area is 520 Å². The monoisotopic (exact) mass is 1220 g/mol. The quantitative estimate of drug-likeness (QED) is 0.0453. The van der Waals surface area contributed by atoms with E-state index < -0.39 is 0 Å². The second kappa shape index (κ2) is 26.3. The summed E-state index contributed by atoms with van der Waals surface area (Å²) in [6.07, 6.45) is 21.1. The Bertz CT molecular complexity index is 4140. The maximum atomic E-state index is 10.2. The zero-order valence-corrected chi connectivity index (χ0v) is 50.6. The Morgan fingerprint density at radius 2 is 0.644 bits per heavy atom. The highest BCUT2D eigenvalue weighted by Gasteiger charge is 2.43. The molecule has 0 aliphatic carbocycles. The van der Waals surface area contributed by atoms with Gasteiger partial charge in [-0.1, -0.05) is 24.3 Å². The molecule has 90 heavy (non-hydrogen) atoms. The van der Waals surface area contributed by atoms with Crippen molar-refractivity contribution in [2.75, 3.05) is 105 Å². The molecule has 8 aromatic rings. The van der Waals surface area contributed by atoms with Crippen LogP contribution < -0.4 is 30.4 Å². The lowest BCUT2D eigenvalue weighted by atomic mass is 10.1. The van der Waals surface area contributed by atoms with E-state index in [1.54, 1.807) is 28.1 Å². The van der Waals surface area contributed by atoms with Crippen molar-refractivity contribution in [3.63, 3.8) is 0 Å². The van der Waals surface area contributed by atoms with Crippen molar-refractivity contribution in [3.8, 4) is 23.5 Å². The van der Waals surface area contributed by atoms with Crippen molar-refractivity contribution in [2.45, 2.75) is 64.2 Å². The molecule has 0 aromatic carbocycles. The van der Waals surface area contributed by atoms with Crippen molar-refractivity contribution >= 4 is 79.6 Å². The van der Waals surface area contributed by atoms with Gasteiger partial charge in [0.05, 0.1) is 46.7 Å². The topological polar surface area (TPSA) is 275 Å². The molecule has 466 valence electrons. The number of rotatable bonds is 23.